The zero-order chi connectivity index (χ0) is 33.9. The van der Waals surface area contributed by atoms with E-state index in [-0.39, 0.29) is 42.9 Å². The predicted octanol–water partition coefficient (Wildman–Crippen LogP) is 4.76. The molecule has 0 radical (unpaired) electrons. The topological polar surface area (TPSA) is 127 Å². The number of ether oxygens (including phenoxy) is 6. The number of carbonyl (C=O) groups is 3. The number of hydrogen-bond acceptors (Lipinski definition) is 10. The normalized spacial score (nSPS) is 41.7. The Bertz CT molecular complexity index is 1390. The Kier molecular flexibility index (Phi) is 9.13. The second-order valence-corrected chi connectivity index (χ2v) is 14.7. The van der Waals surface area contributed by atoms with Gasteiger partial charge in [-0.3, -0.25) is 4.79 Å². The molecule has 47 heavy (non-hydrogen) atoms. The minimum absolute atomic E-state index is 0.0135. The molecular weight excluding hydrogens is 604 g/mol. The third-order valence-corrected chi connectivity index (χ3v) is 12.5. The summed E-state index contributed by atoms with van der Waals surface area (Å²) in [5, 5.41) is 11.7. The minimum atomic E-state index is -1.39. The van der Waals surface area contributed by atoms with Crippen molar-refractivity contribution in [3.8, 4) is 5.75 Å². The van der Waals surface area contributed by atoms with Crippen LogP contribution >= 0.6 is 0 Å². The average Bonchev–Trinajstić information content (AvgIpc) is 3.63. The van der Waals surface area contributed by atoms with Crippen LogP contribution in [0.1, 0.15) is 70.7 Å². The van der Waals surface area contributed by atoms with E-state index >= 15 is 0 Å². The average molecular weight is 655 g/mol. The highest BCUT2D eigenvalue weighted by Crippen LogP contribution is 2.82. The lowest BCUT2D eigenvalue weighted by atomic mass is 9.43. The van der Waals surface area contributed by atoms with Crippen LogP contribution in [0.25, 0.3) is 0 Å². The number of allylic oxidation sites excluding steroid dienone is 1. The highest BCUT2D eigenvalue weighted by molar-refractivity contribution is 5.92. The molecule has 1 aromatic rings. The number of aliphatic hydroxyl groups is 1. The van der Waals surface area contributed by atoms with E-state index in [0.717, 1.165) is 24.7 Å². The van der Waals surface area contributed by atoms with Crippen molar-refractivity contribution in [3.63, 3.8) is 0 Å². The van der Waals surface area contributed by atoms with Gasteiger partial charge in [0.2, 0.25) is 0 Å². The maximum Gasteiger partial charge on any atom is 0.338 e. The molecule has 0 unspecified atom stereocenters. The van der Waals surface area contributed by atoms with Crippen molar-refractivity contribution in [3.05, 3.63) is 41.5 Å². The molecule has 0 amide bonds. The van der Waals surface area contributed by atoms with Crippen molar-refractivity contribution in [2.24, 2.45) is 45.8 Å². The first-order chi connectivity index (χ1) is 22.5. The molecule has 1 aliphatic heterocycles. The molecule has 4 fully saturated rings. The maximum absolute atomic E-state index is 14.6. The van der Waals surface area contributed by atoms with E-state index < -0.39 is 52.9 Å². The fraction of sp³-hybridized carbons (Fsp3) is 0.703. The van der Waals surface area contributed by atoms with Crippen LogP contribution in [-0.2, 0) is 33.3 Å². The smallest absolute Gasteiger partial charge is 0.338 e. The van der Waals surface area contributed by atoms with Crippen molar-refractivity contribution < 1.29 is 47.9 Å². The summed E-state index contributed by atoms with van der Waals surface area (Å²) < 4.78 is 35.4. The molecule has 10 heteroatoms. The lowest BCUT2D eigenvalue weighted by Gasteiger charge is -2.59. The van der Waals surface area contributed by atoms with E-state index in [1.807, 2.05) is 0 Å². The van der Waals surface area contributed by atoms with Gasteiger partial charge in [0.1, 0.15) is 29.7 Å². The van der Waals surface area contributed by atoms with Crippen molar-refractivity contribution in [1.82, 2.24) is 0 Å². The van der Waals surface area contributed by atoms with E-state index in [2.05, 4.69) is 26.8 Å². The summed E-state index contributed by atoms with van der Waals surface area (Å²) in [6.07, 6.45) is 1.50. The molecule has 6 rings (SSSR count). The number of esters is 2. The van der Waals surface area contributed by atoms with Crippen molar-refractivity contribution in [1.29, 1.82) is 0 Å². The zero-order valence-corrected chi connectivity index (χ0v) is 28.6. The number of methoxy groups -OCH3 is 2. The monoisotopic (exact) mass is 654 g/mol. The van der Waals surface area contributed by atoms with Crippen LogP contribution in [0.5, 0.6) is 5.75 Å². The first-order valence-electron chi connectivity index (χ1n) is 17.1. The summed E-state index contributed by atoms with van der Waals surface area (Å²) in [7, 11) is 3.02. The summed E-state index contributed by atoms with van der Waals surface area (Å²) in [5.74, 6) is 0.289. The van der Waals surface area contributed by atoms with Crippen molar-refractivity contribution in [2.75, 3.05) is 27.4 Å². The van der Waals surface area contributed by atoms with Crippen LogP contribution in [0.15, 0.2) is 35.9 Å². The number of rotatable bonds is 11. The third kappa shape index (κ3) is 4.76. The predicted molar refractivity (Wildman–Crippen MR) is 170 cm³/mol. The lowest BCUT2D eigenvalue weighted by Crippen LogP contribution is -2.65. The molecule has 0 spiro atoms. The van der Waals surface area contributed by atoms with Crippen LogP contribution in [0, 0.1) is 45.8 Å². The minimum Gasteiger partial charge on any atom is -0.497 e. The Morgan fingerprint density at radius 3 is 2.43 bits per heavy atom. The van der Waals surface area contributed by atoms with Crippen LogP contribution in [0.3, 0.4) is 0 Å². The Hall–Kier alpha value is -2.79. The standard InChI is InChI=1S/C37H50O10/c1-8-44-34(41)37-28(20(2)3)15-24-16-35(37,18-38)27-14-9-21(4)26(27)17-36(24,37)19-45-33-29(39)31(30(43-7)22(5)46-33)47-32(40)23-10-12-25(42-6)13-11-23/h10-13,15,18,20-22,24,26-27,29-31,33,39H,8-9,14,16-17,19H2,1-7H3/t21-,22-,24+,26-,27-,29-,30-,31+,33-,35+,36+,37+/m1/s1. The first-order valence-corrected chi connectivity index (χ1v) is 17.1. The third-order valence-electron chi connectivity index (χ3n) is 12.5. The van der Waals surface area contributed by atoms with Crippen LogP contribution < -0.4 is 4.74 Å². The van der Waals surface area contributed by atoms with Crippen LogP contribution in [0.2, 0.25) is 0 Å². The maximum atomic E-state index is 14.6. The number of aliphatic hydroxyl groups excluding tert-OH is 1. The fourth-order valence-corrected chi connectivity index (χ4v) is 10.6. The number of hydrogen-bond donors (Lipinski definition) is 1. The van der Waals surface area contributed by atoms with Crippen molar-refractivity contribution in [2.45, 2.75) is 91.0 Å². The molecule has 1 N–H and O–H groups in total. The van der Waals surface area contributed by atoms with Gasteiger partial charge in [-0.05, 0) is 87.0 Å². The van der Waals surface area contributed by atoms with E-state index in [1.54, 1.807) is 45.2 Å². The molecule has 10 nitrogen and oxygen atoms in total. The van der Waals surface area contributed by atoms with Gasteiger partial charge in [0.05, 0.1) is 37.4 Å². The summed E-state index contributed by atoms with van der Waals surface area (Å²) in [4.78, 5) is 41.3. The van der Waals surface area contributed by atoms with E-state index in [0.29, 0.717) is 30.1 Å². The van der Waals surface area contributed by atoms with Gasteiger partial charge in [-0.1, -0.05) is 38.8 Å². The number of benzene rings is 1. The van der Waals surface area contributed by atoms with Gasteiger partial charge >= 0.3 is 11.9 Å². The molecule has 1 saturated heterocycles. The van der Waals surface area contributed by atoms with Crippen molar-refractivity contribution >= 4 is 18.2 Å². The molecule has 3 saturated carbocycles. The Balaban J connectivity index is 1.34. The number of fused-ring (bicyclic) bond motifs is 2. The molecule has 0 aromatic heterocycles. The quantitative estimate of drug-likeness (QED) is 0.203. The molecular formula is C37H50O10. The molecule has 1 aromatic carbocycles. The van der Waals surface area contributed by atoms with Gasteiger partial charge in [0.25, 0.3) is 0 Å². The molecule has 4 bridgehead atoms. The van der Waals surface area contributed by atoms with Gasteiger partial charge in [-0.15, -0.1) is 0 Å². The summed E-state index contributed by atoms with van der Waals surface area (Å²) in [5.41, 5.74) is -1.58. The Morgan fingerprint density at radius 2 is 1.81 bits per heavy atom. The van der Waals surface area contributed by atoms with Crippen LogP contribution in [0.4, 0.5) is 0 Å². The van der Waals surface area contributed by atoms with Gasteiger partial charge < -0.3 is 38.3 Å². The molecule has 258 valence electrons. The largest absolute Gasteiger partial charge is 0.497 e. The molecule has 1 heterocycles. The summed E-state index contributed by atoms with van der Waals surface area (Å²) >= 11 is 0. The number of carbonyl (C=O) groups excluding carboxylic acids is 3. The molecule has 5 aliphatic rings. The zero-order valence-electron chi connectivity index (χ0n) is 28.6. The highest BCUT2D eigenvalue weighted by Gasteiger charge is 2.84. The van der Waals surface area contributed by atoms with Gasteiger partial charge in [-0.2, -0.15) is 0 Å². The molecule has 4 aliphatic carbocycles. The van der Waals surface area contributed by atoms with Crippen LogP contribution in [-0.4, -0.2) is 81.5 Å². The van der Waals surface area contributed by atoms with Gasteiger partial charge in [-0.25, -0.2) is 4.79 Å². The van der Waals surface area contributed by atoms with Gasteiger partial charge in [0.15, 0.2) is 12.4 Å². The van der Waals surface area contributed by atoms with Gasteiger partial charge in [0, 0.05) is 12.5 Å². The molecule has 12 atom stereocenters. The van der Waals surface area contributed by atoms with E-state index in [9.17, 15) is 19.5 Å². The number of aldehydes is 1. The first kappa shape index (κ1) is 34.1. The SMILES string of the molecule is CCOC(=O)[C@@]12C(C(C)C)=C[C@H]3C[C@]1(C=O)[C@@H]1CC[C@@H](C)[C@H]1C[C@]32CO[C@@H]1O[C@H](C)[C@@H](OC)[C@@H](OC(=O)c2ccc(OC)cc2)[C@H]1O. The lowest BCUT2D eigenvalue weighted by molar-refractivity contribution is -0.306. The van der Waals surface area contributed by atoms with E-state index in [1.165, 1.54) is 7.11 Å². The van der Waals surface area contributed by atoms with E-state index in [4.69, 9.17) is 28.4 Å². The second kappa shape index (κ2) is 12.6. The fourth-order valence-electron chi connectivity index (χ4n) is 10.6. The summed E-state index contributed by atoms with van der Waals surface area (Å²) in [6.45, 7) is 10.3. The second-order valence-electron chi connectivity index (χ2n) is 14.7. The Morgan fingerprint density at radius 1 is 1.09 bits per heavy atom. The Labute approximate surface area is 277 Å². The summed E-state index contributed by atoms with van der Waals surface area (Å²) in [6, 6.07) is 6.50. The highest BCUT2D eigenvalue weighted by atomic mass is 16.7.